The van der Waals surface area contributed by atoms with Crippen LogP contribution in [0, 0.1) is 11.8 Å². The van der Waals surface area contributed by atoms with Crippen LogP contribution in [0.4, 0.5) is 0 Å². The second-order valence-corrected chi connectivity index (χ2v) is 10.0. The van der Waals surface area contributed by atoms with Gasteiger partial charge in [-0.05, 0) is 43.4 Å². The van der Waals surface area contributed by atoms with Crippen molar-refractivity contribution >= 4 is 21.9 Å². The third-order valence-corrected chi connectivity index (χ3v) is 6.86. The zero-order valence-electron chi connectivity index (χ0n) is 18.7. The van der Waals surface area contributed by atoms with E-state index < -0.39 is 28.5 Å². The van der Waals surface area contributed by atoms with Gasteiger partial charge in [0.05, 0.1) is 19.3 Å². The lowest BCUT2D eigenvalue weighted by atomic mass is 9.94. The summed E-state index contributed by atoms with van der Waals surface area (Å²) in [4.78, 5) is 24.2. The summed E-state index contributed by atoms with van der Waals surface area (Å²) in [6, 6.07) is 3.84. The van der Waals surface area contributed by atoms with Crippen LogP contribution in [0.5, 0.6) is 5.75 Å². The number of amides is 1. The van der Waals surface area contributed by atoms with Gasteiger partial charge in [-0.3, -0.25) is 4.79 Å². The fourth-order valence-electron chi connectivity index (χ4n) is 3.77. The highest BCUT2D eigenvalue weighted by atomic mass is 32.2. The van der Waals surface area contributed by atoms with E-state index in [0.29, 0.717) is 19.7 Å². The molecule has 0 aromatic heterocycles. The molecule has 10 heteroatoms. The first kappa shape index (κ1) is 25.1. The minimum atomic E-state index is -3.87. The Kier molecular flexibility index (Phi) is 8.84. The van der Waals surface area contributed by atoms with Crippen molar-refractivity contribution < 1.29 is 32.2 Å². The second kappa shape index (κ2) is 10.9. The van der Waals surface area contributed by atoms with E-state index in [1.54, 1.807) is 6.92 Å². The van der Waals surface area contributed by atoms with Gasteiger partial charge in [-0.2, -0.15) is 4.31 Å². The van der Waals surface area contributed by atoms with Gasteiger partial charge in [-0.25, -0.2) is 13.2 Å². The lowest BCUT2D eigenvalue weighted by Crippen LogP contribution is -2.42. The van der Waals surface area contributed by atoms with Crippen LogP contribution < -0.4 is 10.1 Å². The quantitative estimate of drug-likeness (QED) is 0.563. The van der Waals surface area contributed by atoms with Gasteiger partial charge in [-0.15, -0.1) is 0 Å². The molecular weight excluding hydrogens is 424 g/mol. The van der Waals surface area contributed by atoms with Crippen molar-refractivity contribution in [3.05, 3.63) is 23.8 Å². The Balaban J connectivity index is 2.18. The maximum absolute atomic E-state index is 13.3. The number of nitrogens with zero attached hydrogens (tertiary/aromatic N) is 1. The van der Waals surface area contributed by atoms with Gasteiger partial charge < -0.3 is 19.5 Å². The highest BCUT2D eigenvalue weighted by Gasteiger charge is 2.34. The predicted molar refractivity (Wildman–Crippen MR) is 114 cm³/mol. The Morgan fingerprint density at radius 1 is 1.19 bits per heavy atom. The summed E-state index contributed by atoms with van der Waals surface area (Å²) < 4.78 is 43.3. The number of hydrogen-bond donors (Lipinski definition) is 1. The Hall–Kier alpha value is -2.17. The monoisotopic (exact) mass is 456 g/mol. The summed E-state index contributed by atoms with van der Waals surface area (Å²) in [6.45, 7) is 6.44. The van der Waals surface area contributed by atoms with Crippen molar-refractivity contribution in [2.24, 2.45) is 11.8 Å². The zero-order chi connectivity index (χ0) is 23.2. The van der Waals surface area contributed by atoms with Crippen LogP contribution in [0.3, 0.4) is 0 Å². The van der Waals surface area contributed by atoms with E-state index in [0.717, 1.165) is 6.42 Å². The molecule has 0 bridgehead atoms. The normalized spacial score (nSPS) is 20.7. The SMILES string of the molecule is COCC(C)NC(=O)COC(=O)c1ccc(OC)c(S(=O)(=O)N2CC(C)CC(C)C2)c1. The molecule has 174 valence electrons. The van der Waals surface area contributed by atoms with Gasteiger partial charge in [0.2, 0.25) is 10.0 Å². The third-order valence-electron chi connectivity index (χ3n) is 5.01. The Labute approximate surface area is 184 Å². The molecule has 3 unspecified atom stereocenters. The van der Waals surface area contributed by atoms with Crippen molar-refractivity contribution in [2.45, 2.75) is 38.1 Å². The summed E-state index contributed by atoms with van der Waals surface area (Å²) in [5.41, 5.74) is 0.0234. The van der Waals surface area contributed by atoms with E-state index in [-0.39, 0.29) is 34.1 Å². The molecule has 0 radical (unpaired) electrons. The number of hydrogen-bond acceptors (Lipinski definition) is 7. The topological polar surface area (TPSA) is 111 Å². The molecule has 0 aliphatic carbocycles. The minimum Gasteiger partial charge on any atom is -0.495 e. The average Bonchev–Trinajstić information content (AvgIpc) is 2.70. The molecule has 1 aliphatic heterocycles. The highest BCUT2D eigenvalue weighted by molar-refractivity contribution is 7.89. The Morgan fingerprint density at radius 3 is 2.42 bits per heavy atom. The molecule has 1 aromatic carbocycles. The fourth-order valence-corrected chi connectivity index (χ4v) is 5.63. The smallest absolute Gasteiger partial charge is 0.338 e. The van der Waals surface area contributed by atoms with E-state index in [9.17, 15) is 18.0 Å². The average molecular weight is 457 g/mol. The van der Waals surface area contributed by atoms with Gasteiger partial charge in [0.25, 0.3) is 5.91 Å². The van der Waals surface area contributed by atoms with E-state index >= 15 is 0 Å². The first-order valence-electron chi connectivity index (χ1n) is 10.2. The molecule has 3 atom stereocenters. The first-order chi connectivity index (χ1) is 14.6. The largest absolute Gasteiger partial charge is 0.495 e. The number of methoxy groups -OCH3 is 2. The number of carbonyl (C=O) groups excluding carboxylic acids is 2. The Morgan fingerprint density at radius 2 is 1.84 bits per heavy atom. The fraction of sp³-hybridized carbons (Fsp3) is 0.619. The molecule has 1 saturated heterocycles. The van der Waals surface area contributed by atoms with Crippen molar-refractivity contribution in [1.29, 1.82) is 0 Å². The lowest BCUT2D eigenvalue weighted by molar-refractivity contribution is -0.125. The van der Waals surface area contributed by atoms with Crippen LogP contribution in [0.2, 0.25) is 0 Å². The summed E-state index contributed by atoms with van der Waals surface area (Å²) in [5.74, 6) is -0.661. The molecule has 1 aliphatic rings. The number of ether oxygens (including phenoxy) is 3. The number of carbonyl (C=O) groups is 2. The summed E-state index contributed by atoms with van der Waals surface area (Å²) >= 11 is 0. The third kappa shape index (κ3) is 6.65. The number of sulfonamides is 1. The number of rotatable bonds is 9. The van der Waals surface area contributed by atoms with Gasteiger partial charge in [0, 0.05) is 26.2 Å². The van der Waals surface area contributed by atoms with Crippen LogP contribution >= 0.6 is 0 Å². The standard InChI is InChI=1S/C21H32N2O7S/c1-14-8-15(2)11-23(10-14)31(26,27)19-9-17(6-7-18(19)29-5)21(25)30-13-20(24)22-16(3)12-28-4/h6-7,9,14-16H,8,10-13H2,1-5H3,(H,22,24). The number of esters is 1. The van der Waals surface area contributed by atoms with Crippen molar-refractivity contribution in [3.63, 3.8) is 0 Å². The van der Waals surface area contributed by atoms with E-state index in [1.165, 1.54) is 36.7 Å². The van der Waals surface area contributed by atoms with Crippen molar-refractivity contribution in [1.82, 2.24) is 9.62 Å². The number of benzene rings is 1. The zero-order valence-corrected chi connectivity index (χ0v) is 19.5. The lowest BCUT2D eigenvalue weighted by Gasteiger charge is -2.34. The molecule has 1 N–H and O–H groups in total. The van der Waals surface area contributed by atoms with Crippen LogP contribution in [-0.2, 0) is 24.3 Å². The molecule has 1 fully saturated rings. The number of piperidine rings is 1. The van der Waals surface area contributed by atoms with Crippen molar-refractivity contribution in [2.75, 3.05) is 40.5 Å². The first-order valence-corrected chi connectivity index (χ1v) is 11.7. The van der Waals surface area contributed by atoms with E-state index in [4.69, 9.17) is 14.2 Å². The van der Waals surface area contributed by atoms with Gasteiger partial charge in [0.1, 0.15) is 10.6 Å². The second-order valence-electron chi connectivity index (χ2n) is 8.13. The molecule has 31 heavy (non-hydrogen) atoms. The van der Waals surface area contributed by atoms with Crippen molar-refractivity contribution in [3.8, 4) is 5.75 Å². The summed E-state index contributed by atoms with van der Waals surface area (Å²) in [5, 5.41) is 2.63. The van der Waals surface area contributed by atoms with Crippen LogP contribution in [0.1, 0.15) is 37.6 Å². The molecule has 9 nitrogen and oxygen atoms in total. The van der Waals surface area contributed by atoms with E-state index in [2.05, 4.69) is 5.32 Å². The van der Waals surface area contributed by atoms with Crippen LogP contribution in [0.25, 0.3) is 0 Å². The molecule has 1 amide bonds. The van der Waals surface area contributed by atoms with Gasteiger partial charge in [-0.1, -0.05) is 13.8 Å². The molecule has 1 heterocycles. The van der Waals surface area contributed by atoms with E-state index in [1.807, 2.05) is 13.8 Å². The molecule has 2 rings (SSSR count). The molecule has 1 aromatic rings. The van der Waals surface area contributed by atoms with Gasteiger partial charge in [0.15, 0.2) is 6.61 Å². The summed E-state index contributed by atoms with van der Waals surface area (Å²) in [6.07, 6.45) is 0.959. The maximum Gasteiger partial charge on any atom is 0.338 e. The molecular formula is C21H32N2O7S. The minimum absolute atomic E-state index is 0.0234. The van der Waals surface area contributed by atoms with Crippen LogP contribution in [0.15, 0.2) is 23.1 Å². The van der Waals surface area contributed by atoms with Crippen LogP contribution in [-0.4, -0.2) is 71.2 Å². The molecule has 0 saturated carbocycles. The molecule has 0 spiro atoms. The maximum atomic E-state index is 13.3. The number of nitrogens with one attached hydrogen (secondary N) is 1. The predicted octanol–water partition coefficient (Wildman–Crippen LogP) is 1.67. The van der Waals surface area contributed by atoms with Gasteiger partial charge >= 0.3 is 5.97 Å². The Bertz CT molecular complexity index is 878. The highest BCUT2D eigenvalue weighted by Crippen LogP contribution is 2.32. The summed E-state index contributed by atoms with van der Waals surface area (Å²) in [7, 11) is -0.981.